The molecule has 3 heteroatoms. The lowest BCUT2D eigenvalue weighted by atomic mass is 9.89. The van der Waals surface area contributed by atoms with E-state index in [0.717, 1.165) is 56.9 Å². The number of nitriles is 2. The van der Waals surface area contributed by atoms with E-state index in [0.29, 0.717) is 11.1 Å². The first kappa shape index (κ1) is 27.2. The summed E-state index contributed by atoms with van der Waals surface area (Å²) in [6.45, 7) is 2.13. The van der Waals surface area contributed by atoms with Crippen molar-refractivity contribution in [2.45, 2.75) is 32.6 Å². The lowest BCUT2D eigenvalue weighted by Crippen LogP contribution is -2.15. The summed E-state index contributed by atoms with van der Waals surface area (Å²) in [5, 5.41) is 23.5. The molecule has 3 nitrogen and oxygen atoms in total. The van der Waals surface area contributed by atoms with Gasteiger partial charge in [-0.3, -0.25) is 0 Å². The van der Waals surface area contributed by atoms with E-state index in [4.69, 9.17) is 0 Å². The Labute approximate surface area is 258 Å². The molecule has 7 rings (SSSR count). The van der Waals surface area contributed by atoms with Crippen molar-refractivity contribution in [2.24, 2.45) is 0 Å². The van der Waals surface area contributed by atoms with Crippen LogP contribution in [0.25, 0.3) is 33.7 Å². The van der Waals surface area contributed by atoms with Gasteiger partial charge in [-0.2, -0.15) is 10.5 Å². The van der Waals surface area contributed by atoms with Crippen LogP contribution in [0.1, 0.15) is 51.8 Å². The summed E-state index contributed by atoms with van der Waals surface area (Å²) < 4.78 is 0. The van der Waals surface area contributed by atoms with Gasteiger partial charge in [0.25, 0.3) is 0 Å². The van der Waals surface area contributed by atoms with Crippen LogP contribution >= 0.6 is 0 Å². The van der Waals surface area contributed by atoms with E-state index in [1.54, 1.807) is 0 Å². The molecule has 44 heavy (non-hydrogen) atoms. The maximum Gasteiger partial charge on any atom is 0.101 e. The zero-order valence-corrected chi connectivity index (χ0v) is 24.7. The maximum absolute atomic E-state index is 10.00. The molecule has 0 saturated carbocycles. The largest absolute Gasteiger partial charge is 0.310 e. The Balaban J connectivity index is 1.29. The topological polar surface area (TPSA) is 50.8 Å². The van der Waals surface area contributed by atoms with Gasteiger partial charge in [0.2, 0.25) is 0 Å². The fourth-order valence-corrected chi connectivity index (χ4v) is 6.65. The molecule has 0 aliphatic heterocycles. The normalized spacial score (nSPS) is 12.6. The van der Waals surface area contributed by atoms with Gasteiger partial charge in [0, 0.05) is 27.8 Å². The molecule has 0 amide bonds. The van der Waals surface area contributed by atoms with Gasteiger partial charge in [0.05, 0.1) is 11.1 Å². The van der Waals surface area contributed by atoms with Crippen LogP contribution < -0.4 is 4.90 Å². The van der Waals surface area contributed by atoms with E-state index < -0.39 is 0 Å². The van der Waals surface area contributed by atoms with Gasteiger partial charge in [-0.1, -0.05) is 96.6 Å². The van der Waals surface area contributed by atoms with Gasteiger partial charge in [-0.15, -0.1) is 0 Å². The summed E-state index contributed by atoms with van der Waals surface area (Å²) in [6, 6.07) is 42.7. The van der Waals surface area contributed by atoms with Crippen molar-refractivity contribution in [1.29, 1.82) is 10.5 Å². The number of benzene rings is 6. The fraction of sp³-hybridized carbons (Fsp3) is 0.122. The first-order chi connectivity index (χ1) is 21.7. The Morgan fingerprint density at radius 2 is 1.25 bits per heavy atom. The van der Waals surface area contributed by atoms with Gasteiger partial charge in [-0.05, 0) is 96.0 Å². The number of nitrogens with zero attached hydrogens (tertiary/aromatic N) is 3. The van der Waals surface area contributed by atoms with Crippen molar-refractivity contribution in [3.05, 3.63) is 148 Å². The molecule has 0 heterocycles. The molecule has 1 aliphatic carbocycles. The Hall–Kier alpha value is -5.64. The van der Waals surface area contributed by atoms with Crippen LogP contribution in [0, 0.1) is 29.6 Å². The molecule has 210 valence electrons. The Morgan fingerprint density at radius 3 is 2.00 bits per heavy atom. The lowest BCUT2D eigenvalue weighted by Gasteiger charge is -2.30. The Kier molecular flexibility index (Phi) is 7.15. The number of anilines is 3. The molecule has 0 N–H and O–H groups in total. The smallest absolute Gasteiger partial charge is 0.101 e. The highest BCUT2D eigenvalue weighted by atomic mass is 15.1. The van der Waals surface area contributed by atoms with Crippen LogP contribution in [0.15, 0.2) is 109 Å². The molecule has 6 aromatic rings. The Morgan fingerprint density at radius 1 is 0.614 bits per heavy atom. The van der Waals surface area contributed by atoms with Crippen molar-refractivity contribution in [3.63, 3.8) is 0 Å². The molecule has 0 fully saturated rings. The third-order valence-corrected chi connectivity index (χ3v) is 8.82. The number of aryl methyl sites for hydroxylation is 2. The second-order valence-corrected chi connectivity index (χ2v) is 11.5. The molecule has 6 aromatic carbocycles. The van der Waals surface area contributed by atoms with Crippen molar-refractivity contribution in [2.75, 3.05) is 4.90 Å². The summed E-state index contributed by atoms with van der Waals surface area (Å²) in [4.78, 5) is 2.39. The average Bonchev–Trinajstić information content (AvgIpc) is 3.08. The zero-order chi connectivity index (χ0) is 30.0. The van der Waals surface area contributed by atoms with E-state index in [9.17, 15) is 10.5 Å². The van der Waals surface area contributed by atoms with Crippen molar-refractivity contribution < 1.29 is 0 Å². The number of fused-ring (bicyclic) bond motifs is 4. The van der Waals surface area contributed by atoms with Crippen LogP contribution in [0.4, 0.5) is 17.1 Å². The van der Waals surface area contributed by atoms with Gasteiger partial charge in [-0.25, -0.2) is 0 Å². The summed E-state index contributed by atoms with van der Waals surface area (Å²) in [5.41, 5.74) is 10.7. The molecule has 0 radical (unpaired) electrons. The lowest BCUT2D eigenvalue weighted by molar-refractivity contribution is 0.686. The SMILES string of the molecule is Cc1ccc(N(c2ccc(/C=C\c3cccc4c(C#N)c(C#N)c5ccccc5c34)cc2)c2cccc3c2CCCC3)cc1. The minimum atomic E-state index is 0.431. The van der Waals surface area contributed by atoms with Crippen LogP contribution in [-0.2, 0) is 12.8 Å². The maximum atomic E-state index is 10.00. The zero-order valence-electron chi connectivity index (χ0n) is 24.7. The molecule has 0 bridgehead atoms. The molecular weight excluding hydrogens is 534 g/mol. The molecule has 1 aliphatic rings. The highest BCUT2D eigenvalue weighted by Crippen LogP contribution is 2.40. The van der Waals surface area contributed by atoms with Crippen molar-refractivity contribution in [1.82, 2.24) is 0 Å². The van der Waals surface area contributed by atoms with Crippen LogP contribution in [0.3, 0.4) is 0 Å². The first-order valence-electron chi connectivity index (χ1n) is 15.2. The average molecular weight is 566 g/mol. The molecule has 0 spiro atoms. The molecular formula is C41H31N3. The van der Waals surface area contributed by atoms with Gasteiger partial charge in [0.1, 0.15) is 12.1 Å². The van der Waals surface area contributed by atoms with Crippen LogP contribution in [0.2, 0.25) is 0 Å². The predicted octanol–water partition coefficient (Wildman–Crippen LogP) is 10.6. The summed E-state index contributed by atoms with van der Waals surface area (Å²) in [5.74, 6) is 0. The second kappa shape index (κ2) is 11.6. The number of rotatable bonds is 5. The molecule has 0 atom stereocenters. The Bertz CT molecular complexity index is 2140. The molecule has 0 unspecified atom stereocenters. The standard InChI is InChI=1S/C41H31N3/c1-28-16-22-32(23-17-28)44(40-15-7-9-30-8-2-3-11-34(30)40)33-24-19-29(20-25-33)18-21-31-10-6-14-37-39(27-43)38(26-42)35-12-4-5-13-36(35)41(31)37/h4-7,9-10,12-25H,2-3,8,11H2,1H3/b21-18-. The summed E-state index contributed by atoms with van der Waals surface area (Å²) in [6.07, 6.45) is 8.97. The molecule has 0 aromatic heterocycles. The second-order valence-electron chi connectivity index (χ2n) is 11.5. The highest BCUT2D eigenvalue weighted by Gasteiger charge is 2.20. The van der Waals surface area contributed by atoms with E-state index >= 15 is 0 Å². The number of hydrogen-bond acceptors (Lipinski definition) is 3. The van der Waals surface area contributed by atoms with E-state index in [-0.39, 0.29) is 0 Å². The summed E-state index contributed by atoms with van der Waals surface area (Å²) >= 11 is 0. The predicted molar refractivity (Wildman–Crippen MR) is 182 cm³/mol. The highest BCUT2D eigenvalue weighted by molar-refractivity contribution is 6.16. The fourth-order valence-electron chi connectivity index (χ4n) is 6.65. The van der Waals surface area contributed by atoms with Crippen LogP contribution in [0.5, 0.6) is 0 Å². The minimum absolute atomic E-state index is 0.431. The number of hydrogen-bond donors (Lipinski definition) is 0. The monoisotopic (exact) mass is 565 g/mol. The van der Waals surface area contributed by atoms with Crippen molar-refractivity contribution in [3.8, 4) is 12.1 Å². The molecule has 0 saturated heterocycles. The van der Waals surface area contributed by atoms with Crippen LogP contribution in [-0.4, -0.2) is 0 Å². The van der Waals surface area contributed by atoms with Gasteiger partial charge < -0.3 is 4.90 Å². The van der Waals surface area contributed by atoms with Gasteiger partial charge >= 0.3 is 0 Å². The third kappa shape index (κ3) is 4.80. The summed E-state index contributed by atoms with van der Waals surface area (Å²) in [7, 11) is 0. The van der Waals surface area contributed by atoms with E-state index in [1.807, 2.05) is 36.4 Å². The van der Waals surface area contributed by atoms with Crippen molar-refractivity contribution >= 4 is 50.8 Å². The third-order valence-electron chi connectivity index (χ3n) is 8.82. The van der Waals surface area contributed by atoms with E-state index in [2.05, 4.69) is 109 Å². The first-order valence-corrected chi connectivity index (χ1v) is 15.2. The van der Waals surface area contributed by atoms with E-state index in [1.165, 1.54) is 35.2 Å². The minimum Gasteiger partial charge on any atom is -0.310 e. The van der Waals surface area contributed by atoms with Gasteiger partial charge in [0.15, 0.2) is 0 Å². The quantitative estimate of drug-likeness (QED) is 0.154.